The summed E-state index contributed by atoms with van der Waals surface area (Å²) in [7, 11) is 2.40. The number of aliphatic carboxylic acids is 4. The van der Waals surface area contributed by atoms with Crippen molar-refractivity contribution in [2.75, 3.05) is 14.2 Å². The number of methoxy groups -OCH3 is 2. The number of benzene rings is 4. The molecular weight excluding hydrogens is 1860 g/mol. The fourth-order valence-corrected chi connectivity index (χ4v) is 11.3. The lowest BCUT2D eigenvalue weighted by molar-refractivity contribution is -0.216. The molecule has 4 unspecified atom stereocenters. The number of hydrogen-bond acceptors (Lipinski definition) is 19. The Labute approximate surface area is 789 Å². The molecule has 3 amide bonds. The smallest absolute Gasteiger partial charge is 0.408 e. The minimum atomic E-state index is -4.60. The summed E-state index contributed by atoms with van der Waals surface area (Å²) in [6, 6.07) is 26.0. The molecule has 0 saturated carbocycles. The molecule has 788 valence electrons. The van der Waals surface area contributed by atoms with Crippen molar-refractivity contribution in [2.24, 2.45) is 67.6 Å². The highest BCUT2D eigenvalue weighted by molar-refractivity contribution is 5.91. The number of hydrogen-bond donors (Lipinski definition) is 10. The van der Waals surface area contributed by atoms with E-state index >= 15 is 0 Å². The number of carboxylic acids is 4. The summed E-state index contributed by atoms with van der Waals surface area (Å²) in [5.41, 5.74) is 0.520. The number of nitrogens with one attached hydrogen (secondary N) is 4. The average molecular weight is 2000 g/mol. The Kier molecular flexibility index (Phi) is 60.4. The summed E-state index contributed by atoms with van der Waals surface area (Å²) in [6.45, 7) is 18.6. The fourth-order valence-electron chi connectivity index (χ4n) is 11.3. The zero-order valence-corrected chi connectivity index (χ0v) is 77.0. The van der Waals surface area contributed by atoms with Crippen LogP contribution in [0.3, 0.4) is 0 Å². The van der Waals surface area contributed by atoms with Gasteiger partial charge in [-0.25, -0.2) is 24.0 Å². The van der Waals surface area contributed by atoms with Crippen LogP contribution in [-0.4, -0.2) is 174 Å². The van der Waals surface area contributed by atoms with Crippen LogP contribution < -0.4 is 32.7 Å². The number of nitrogens with two attached hydrogens (primary N) is 2. The van der Waals surface area contributed by atoms with Gasteiger partial charge in [-0.1, -0.05) is 262 Å². The van der Waals surface area contributed by atoms with E-state index in [1.54, 1.807) is 115 Å². The van der Waals surface area contributed by atoms with Crippen LogP contribution in [0.4, 0.5) is 93.4 Å². The summed E-state index contributed by atoms with van der Waals surface area (Å²) in [6.07, 6.45) is -34.0. The average Bonchev–Trinajstić information content (AvgIpc) is 0.820. The number of rotatable bonds is 40. The summed E-state index contributed by atoms with van der Waals surface area (Å²) >= 11 is 0. The van der Waals surface area contributed by atoms with Gasteiger partial charge in [-0.3, -0.25) is 28.8 Å². The molecule has 44 heteroatoms. The highest BCUT2D eigenvalue weighted by Gasteiger charge is 2.55. The molecule has 0 fully saturated rings. The topological polar surface area (TPSA) is 415 Å². The number of carbonyl (C=O) groups excluding carboxylic acids is 7. The molecule has 4 aromatic carbocycles. The van der Waals surface area contributed by atoms with Crippen molar-refractivity contribution in [3.63, 3.8) is 0 Å². The van der Waals surface area contributed by atoms with Crippen LogP contribution in [0.1, 0.15) is 227 Å². The maximum absolute atomic E-state index is 13.5. The minimum Gasteiger partial charge on any atom is -0.480 e. The summed E-state index contributed by atoms with van der Waals surface area (Å²) < 4.78 is 255. The molecule has 0 heterocycles. The predicted molar refractivity (Wildman–Crippen MR) is 477 cm³/mol. The highest BCUT2D eigenvalue weighted by Crippen LogP contribution is 2.46. The molecule has 0 aliphatic rings. The van der Waals surface area contributed by atoms with Crippen LogP contribution in [0.5, 0.6) is 0 Å². The van der Waals surface area contributed by atoms with E-state index in [1.165, 1.54) is 14.2 Å². The molecule has 0 radical (unpaired) electrons. The number of carbonyl (C=O) groups is 11. The van der Waals surface area contributed by atoms with Gasteiger partial charge in [0.2, 0.25) is 0 Å². The van der Waals surface area contributed by atoms with E-state index in [9.17, 15) is 132 Å². The van der Waals surface area contributed by atoms with Crippen LogP contribution >= 0.6 is 0 Å². The Balaban J connectivity index is -0.000000379. The van der Waals surface area contributed by atoms with E-state index < -0.39 is 222 Å². The van der Waals surface area contributed by atoms with Crippen LogP contribution in [0.15, 0.2) is 121 Å². The van der Waals surface area contributed by atoms with E-state index in [-0.39, 0.29) is 80.7 Å². The van der Waals surface area contributed by atoms with Gasteiger partial charge in [0, 0.05) is 19.4 Å². The van der Waals surface area contributed by atoms with Crippen LogP contribution in [0.2, 0.25) is 0 Å². The van der Waals surface area contributed by atoms with E-state index in [0.717, 1.165) is 88.6 Å². The number of Topliss-reactive ketones (excluding diaryl/α,β-unsaturated/α-hetero) is 2. The number of alkyl carbamates (subject to hydrolysis) is 3. The van der Waals surface area contributed by atoms with Crippen molar-refractivity contribution in [1.29, 1.82) is 0 Å². The molecule has 4 rings (SSSR count). The van der Waals surface area contributed by atoms with Gasteiger partial charge in [-0.2, -0.15) is 79.0 Å². The van der Waals surface area contributed by atoms with Gasteiger partial charge in [-0.15, -0.1) is 0 Å². The first-order valence-corrected chi connectivity index (χ1v) is 41.1. The van der Waals surface area contributed by atoms with E-state index in [1.807, 2.05) is 44.4 Å². The largest absolute Gasteiger partial charge is 0.480 e. The van der Waals surface area contributed by atoms with Crippen LogP contribution in [0.25, 0.3) is 0 Å². The van der Waals surface area contributed by atoms with Crippen molar-refractivity contribution < 1.29 is 176 Å². The molecule has 0 saturated heterocycles. The quantitative estimate of drug-likeness (QED) is 0.0112. The second kappa shape index (κ2) is 60.4. The van der Waals surface area contributed by atoms with Crippen molar-refractivity contribution in [3.05, 3.63) is 144 Å². The molecule has 0 bridgehead atoms. The Bertz CT molecular complexity index is 4130. The normalized spacial score (nSPS) is 13.7. The molecule has 8 atom stereocenters. The van der Waals surface area contributed by atoms with E-state index in [4.69, 9.17) is 50.8 Å². The monoisotopic (exact) mass is 2000 g/mol. The molecule has 26 nitrogen and oxygen atoms in total. The standard InChI is InChI=1S/C23H32F3NO5.2C15H18F3NO4.C15H26F3NO3.C14H18F3NO2.C7H12F3NO2.4CH4/c1-15(2)11-17(20(29)31-5)12-19(28)18(13-22(3,4)23(24,25)26)27-21(30)32-14-16-9-7-6-8-10-16;2*1-14(2,15(16,17)18)8-11(12(20)21)19-13(22)23-9-10-6-4-3-5-7-10;1-9(2)6-10(13(21)22-5)7-12(20)11(19)8-14(3,4)15(16,17)18;1-13(2,14(15,16)17)8-11(12(19)20)18-9-10-6-4-3-5-7-10;1-6(2,7(8,9)10)3-4(11)5(12)13;;;;/h6-10,15,17-18H,11-14H2,1-5H3,(H,27,30);2*3-7,11H,8-9H2,1-2H3,(H,19,22)(H,20,21);9-11H,6-8,19H2,1-5H3;3-7,11,18H,8-9H2,1-2H3,(H,19,20);4H,3,11H2,1-2H3,(H,12,13);4*1H4/t17-,18-;;;10-,11-;;;;;;/m1..1....../s1. The van der Waals surface area contributed by atoms with Gasteiger partial charge in [0.15, 0.2) is 5.78 Å². The highest BCUT2D eigenvalue weighted by atomic mass is 19.4. The number of carboxylic acid groups (broad SMARTS) is 4. The molecule has 0 aliphatic carbocycles. The van der Waals surface area contributed by atoms with E-state index in [2.05, 4.69) is 15.4 Å². The van der Waals surface area contributed by atoms with E-state index in [0.29, 0.717) is 29.5 Å². The third kappa shape index (κ3) is 53.3. The molecule has 12 N–H and O–H groups in total. The summed E-state index contributed by atoms with van der Waals surface area (Å²) in [5, 5.41) is 44.2. The van der Waals surface area contributed by atoms with Gasteiger partial charge in [0.1, 0.15) is 49.8 Å². The SMILES string of the molecule is C.C.C.C.CC(C)(CC(N)C(=O)O)C(F)(F)F.CC(C)(CC(NC(=O)OCc1ccccc1)C(=O)O)C(F)(F)F.CC(C)(CC(NC(=O)OCc1ccccc1)C(=O)O)C(F)(F)F.CC(C)(CC(NCc1ccccc1)C(=O)O)C(F)(F)F.COC(=O)[C@@H](CC(=O)[C@@H](CC(C)(C)C(F)(F)F)NC(=O)OCc1ccccc1)CC(C)C.COC(=O)[C@@H](CC(=O)[C@H](N)CC(C)(C)C(F)(F)F)CC(C)C. The molecular formula is C93H140F18N6O20. The van der Waals surface area contributed by atoms with Gasteiger partial charge in [-0.05, 0) is 85.5 Å². The molecule has 4 aromatic rings. The molecule has 0 spiro atoms. The van der Waals surface area contributed by atoms with Crippen LogP contribution in [-0.2, 0) is 88.4 Å². The molecule has 0 aliphatic heterocycles. The Hall–Kier alpha value is -10.5. The number of ether oxygens (including phenoxy) is 5. The number of ketones is 2. The number of amides is 3. The van der Waals surface area contributed by atoms with Crippen molar-refractivity contribution in [1.82, 2.24) is 21.3 Å². The maximum Gasteiger partial charge on any atom is 0.408 e. The minimum absolute atomic E-state index is 0. The number of halogens is 18. The second-order valence-electron chi connectivity index (χ2n) is 35.8. The van der Waals surface area contributed by atoms with Crippen molar-refractivity contribution in [2.45, 2.75) is 304 Å². The Morgan fingerprint density at radius 2 is 0.533 bits per heavy atom. The Morgan fingerprint density at radius 1 is 0.314 bits per heavy atom. The third-order valence-corrected chi connectivity index (χ3v) is 20.3. The lowest BCUT2D eigenvalue weighted by Crippen LogP contribution is -2.47. The zero-order valence-electron chi connectivity index (χ0n) is 77.0. The summed E-state index contributed by atoms with van der Waals surface area (Å²) in [5.74, 6) is -9.47. The van der Waals surface area contributed by atoms with Gasteiger partial charge < -0.3 is 76.8 Å². The Morgan fingerprint density at radius 3 is 0.766 bits per heavy atom. The first-order valence-electron chi connectivity index (χ1n) is 41.1. The fraction of sp³-hybridized carbons (Fsp3) is 0.624. The number of esters is 2. The third-order valence-electron chi connectivity index (χ3n) is 20.3. The second-order valence-corrected chi connectivity index (χ2v) is 35.8. The first kappa shape index (κ1) is 137. The maximum atomic E-state index is 13.5. The van der Waals surface area contributed by atoms with Gasteiger partial charge >= 0.3 is 91.2 Å². The van der Waals surface area contributed by atoms with Gasteiger partial charge in [0.25, 0.3) is 0 Å². The molecule has 0 aromatic heterocycles. The van der Waals surface area contributed by atoms with Crippen molar-refractivity contribution >= 4 is 65.7 Å². The van der Waals surface area contributed by atoms with Gasteiger partial charge in [0.05, 0.1) is 70.6 Å². The lowest BCUT2D eigenvalue weighted by Gasteiger charge is -2.32. The number of alkyl halides is 18. The van der Waals surface area contributed by atoms with Crippen LogP contribution in [0, 0.1) is 56.2 Å². The molecule has 137 heavy (non-hydrogen) atoms. The zero-order chi connectivity index (χ0) is 104. The van der Waals surface area contributed by atoms with Crippen molar-refractivity contribution in [3.8, 4) is 0 Å². The predicted octanol–water partition coefficient (Wildman–Crippen LogP) is 22.0. The summed E-state index contributed by atoms with van der Waals surface area (Å²) in [4.78, 5) is 128. The first-order chi connectivity index (χ1) is 60.3. The lowest BCUT2D eigenvalue weighted by atomic mass is 9.81.